The third kappa shape index (κ3) is 4.76. The zero-order valence-electron chi connectivity index (χ0n) is 18.3. The summed E-state index contributed by atoms with van der Waals surface area (Å²) in [6.45, 7) is 5.17. The fraction of sp³-hybridized carbons (Fsp3) is 0.455. The molecule has 2 aromatic heterocycles. The number of anilines is 2. The summed E-state index contributed by atoms with van der Waals surface area (Å²) in [4.78, 5) is 26.5. The van der Waals surface area contributed by atoms with Gasteiger partial charge in [-0.3, -0.25) is 4.79 Å². The first-order valence-electron chi connectivity index (χ1n) is 10.7. The molecule has 0 unspecified atom stereocenters. The van der Waals surface area contributed by atoms with Crippen LogP contribution in [0.3, 0.4) is 0 Å². The summed E-state index contributed by atoms with van der Waals surface area (Å²) >= 11 is 1.64. The van der Waals surface area contributed by atoms with Crippen molar-refractivity contribution in [2.24, 2.45) is 0 Å². The molecule has 3 aromatic rings. The molecule has 8 nitrogen and oxygen atoms in total. The van der Waals surface area contributed by atoms with E-state index in [-0.39, 0.29) is 5.91 Å². The Balaban J connectivity index is 1.49. The van der Waals surface area contributed by atoms with Crippen LogP contribution in [0.1, 0.15) is 30.1 Å². The number of fused-ring (bicyclic) bond motifs is 1. The summed E-state index contributed by atoms with van der Waals surface area (Å²) < 4.78 is 1.87. The van der Waals surface area contributed by atoms with E-state index in [4.69, 9.17) is 9.97 Å². The van der Waals surface area contributed by atoms with Crippen LogP contribution in [0.15, 0.2) is 35.6 Å². The molecule has 0 bridgehead atoms. The molecule has 0 saturated carbocycles. The van der Waals surface area contributed by atoms with Crippen LogP contribution in [-0.4, -0.2) is 65.1 Å². The lowest BCUT2D eigenvalue weighted by Gasteiger charge is -2.17. The Morgan fingerprint density at radius 1 is 1.23 bits per heavy atom. The average molecular weight is 440 g/mol. The van der Waals surface area contributed by atoms with Crippen molar-refractivity contribution < 1.29 is 4.79 Å². The summed E-state index contributed by atoms with van der Waals surface area (Å²) in [5, 5.41) is 9.32. The lowest BCUT2D eigenvalue weighted by atomic mass is 10.2. The van der Waals surface area contributed by atoms with Crippen molar-refractivity contribution in [3.05, 3.63) is 36.0 Å². The lowest BCUT2D eigenvalue weighted by molar-refractivity contribution is 0.0952. The highest BCUT2D eigenvalue weighted by atomic mass is 32.2. The molecule has 164 valence electrons. The molecular weight excluding hydrogens is 410 g/mol. The summed E-state index contributed by atoms with van der Waals surface area (Å²) in [7, 11) is 3.92. The molecule has 3 heterocycles. The van der Waals surface area contributed by atoms with Crippen molar-refractivity contribution in [3.63, 3.8) is 0 Å². The normalized spacial score (nSPS) is 13.7. The number of rotatable bonds is 8. The molecule has 1 aliphatic rings. The zero-order chi connectivity index (χ0) is 21.8. The predicted octanol–water partition coefficient (Wildman–Crippen LogP) is 3.03. The van der Waals surface area contributed by atoms with Crippen LogP contribution in [0.2, 0.25) is 0 Å². The van der Waals surface area contributed by atoms with E-state index >= 15 is 0 Å². The highest BCUT2D eigenvalue weighted by molar-refractivity contribution is 7.99. The molecule has 31 heavy (non-hydrogen) atoms. The summed E-state index contributed by atoms with van der Waals surface area (Å²) in [6.07, 6.45) is 4.24. The third-order valence-corrected chi connectivity index (χ3v) is 6.10. The zero-order valence-corrected chi connectivity index (χ0v) is 19.2. The van der Waals surface area contributed by atoms with Gasteiger partial charge in [0.2, 0.25) is 0 Å². The van der Waals surface area contributed by atoms with E-state index in [1.165, 1.54) is 12.8 Å². The van der Waals surface area contributed by atoms with Gasteiger partial charge in [-0.1, -0.05) is 24.8 Å². The third-order valence-electron chi connectivity index (χ3n) is 5.37. The number of carbonyl (C=O) groups excluding carboxylic acids is 1. The Labute approximate surface area is 187 Å². The molecule has 9 heteroatoms. The Morgan fingerprint density at radius 2 is 2.03 bits per heavy atom. The van der Waals surface area contributed by atoms with Gasteiger partial charge in [-0.05, 0) is 36.8 Å². The minimum Gasteiger partial charge on any atom is -0.378 e. The van der Waals surface area contributed by atoms with Crippen molar-refractivity contribution in [3.8, 4) is 0 Å². The van der Waals surface area contributed by atoms with Gasteiger partial charge in [0.05, 0.1) is 18.1 Å². The Bertz CT molecular complexity index is 1060. The van der Waals surface area contributed by atoms with Crippen molar-refractivity contribution in [2.75, 3.05) is 49.3 Å². The number of carbonyl (C=O) groups is 1. The maximum Gasteiger partial charge on any atom is 0.251 e. The minimum absolute atomic E-state index is 0.0882. The van der Waals surface area contributed by atoms with E-state index in [2.05, 4.69) is 22.2 Å². The average Bonchev–Trinajstić information content (AvgIpc) is 3.44. The molecule has 1 aromatic carbocycles. The van der Waals surface area contributed by atoms with E-state index in [1.54, 1.807) is 11.8 Å². The first-order valence-corrected chi connectivity index (χ1v) is 11.7. The standard InChI is InChI=1S/C22H29N7OS/c1-4-31-22-25-19(28-11-5-6-12-28)18-15-24-29(20(18)26-22)13-10-23-21(30)16-8-7-9-17(14-16)27(2)3/h7-9,14-15H,4-6,10-13H2,1-3H3,(H,23,30). The molecule has 0 aliphatic carbocycles. The largest absolute Gasteiger partial charge is 0.378 e. The number of amides is 1. The minimum atomic E-state index is -0.0882. The van der Waals surface area contributed by atoms with Crippen LogP contribution in [0, 0.1) is 0 Å². The smallest absolute Gasteiger partial charge is 0.251 e. The van der Waals surface area contributed by atoms with E-state index in [0.29, 0.717) is 18.7 Å². The van der Waals surface area contributed by atoms with Gasteiger partial charge in [-0.15, -0.1) is 0 Å². The van der Waals surface area contributed by atoms with Gasteiger partial charge in [0.1, 0.15) is 5.82 Å². The number of benzene rings is 1. The second-order valence-electron chi connectivity index (χ2n) is 7.76. The van der Waals surface area contributed by atoms with Gasteiger partial charge in [0, 0.05) is 45.0 Å². The predicted molar refractivity (Wildman–Crippen MR) is 126 cm³/mol. The van der Waals surface area contributed by atoms with Gasteiger partial charge in [-0.2, -0.15) is 5.10 Å². The van der Waals surface area contributed by atoms with E-state index in [0.717, 1.165) is 46.5 Å². The molecule has 1 saturated heterocycles. The first-order chi connectivity index (χ1) is 15.1. The molecule has 0 atom stereocenters. The second kappa shape index (κ2) is 9.55. The van der Waals surface area contributed by atoms with E-state index in [1.807, 2.05) is 54.1 Å². The molecule has 0 spiro atoms. The number of thioether (sulfide) groups is 1. The van der Waals surface area contributed by atoms with Gasteiger partial charge in [0.15, 0.2) is 10.8 Å². The van der Waals surface area contributed by atoms with Crippen LogP contribution in [-0.2, 0) is 6.54 Å². The molecule has 0 radical (unpaired) electrons. The highest BCUT2D eigenvalue weighted by Crippen LogP contribution is 2.29. The topological polar surface area (TPSA) is 79.2 Å². The van der Waals surface area contributed by atoms with Crippen LogP contribution < -0.4 is 15.1 Å². The Morgan fingerprint density at radius 3 is 2.77 bits per heavy atom. The quantitative estimate of drug-likeness (QED) is 0.427. The van der Waals surface area contributed by atoms with Crippen molar-refractivity contribution in [1.29, 1.82) is 0 Å². The summed E-state index contributed by atoms with van der Waals surface area (Å²) in [6, 6.07) is 7.60. The summed E-state index contributed by atoms with van der Waals surface area (Å²) in [5.74, 6) is 1.81. The fourth-order valence-corrected chi connectivity index (χ4v) is 4.31. The molecule has 1 amide bonds. The van der Waals surface area contributed by atoms with Crippen LogP contribution in [0.4, 0.5) is 11.5 Å². The molecular formula is C22H29N7OS. The SMILES string of the molecule is CCSc1nc(N2CCCC2)c2cnn(CCNC(=O)c3cccc(N(C)C)c3)c2n1. The highest BCUT2D eigenvalue weighted by Gasteiger charge is 2.20. The Hall–Kier alpha value is -2.81. The first kappa shape index (κ1) is 21.4. The van der Waals surface area contributed by atoms with Gasteiger partial charge >= 0.3 is 0 Å². The number of nitrogens with zero attached hydrogens (tertiary/aromatic N) is 6. The monoisotopic (exact) mass is 439 g/mol. The maximum atomic E-state index is 12.6. The molecule has 1 aliphatic heterocycles. The fourth-order valence-electron chi connectivity index (χ4n) is 3.75. The molecule has 4 rings (SSSR count). The van der Waals surface area contributed by atoms with Crippen LogP contribution in [0.25, 0.3) is 11.0 Å². The second-order valence-corrected chi connectivity index (χ2v) is 8.99. The number of aromatic nitrogens is 4. The van der Waals surface area contributed by atoms with Crippen molar-refractivity contribution in [1.82, 2.24) is 25.1 Å². The van der Waals surface area contributed by atoms with Crippen molar-refractivity contribution in [2.45, 2.75) is 31.5 Å². The van der Waals surface area contributed by atoms with E-state index in [9.17, 15) is 4.79 Å². The maximum absolute atomic E-state index is 12.6. The Kier molecular flexibility index (Phi) is 6.60. The van der Waals surface area contributed by atoms with Gasteiger partial charge in [0.25, 0.3) is 5.91 Å². The van der Waals surface area contributed by atoms with Crippen LogP contribution in [0.5, 0.6) is 0 Å². The molecule has 1 N–H and O–H groups in total. The number of hydrogen-bond donors (Lipinski definition) is 1. The summed E-state index contributed by atoms with van der Waals surface area (Å²) in [5.41, 5.74) is 2.48. The van der Waals surface area contributed by atoms with Gasteiger partial charge < -0.3 is 15.1 Å². The number of hydrogen-bond acceptors (Lipinski definition) is 7. The van der Waals surface area contributed by atoms with E-state index < -0.39 is 0 Å². The number of nitrogens with one attached hydrogen (secondary N) is 1. The van der Waals surface area contributed by atoms with Crippen LogP contribution >= 0.6 is 11.8 Å². The van der Waals surface area contributed by atoms with Gasteiger partial charge in [-0.25, -0.2) is 14.6 Å². The van der Waals surface area contributed by atoms with Crippen molar-refractivity contribution >= 4 is 40.2 Å². The lowest BCUT2D eigenvalue weighted by Crippen LogP contribution is -2.27. The molecule has 1 fully saturated rings.